The summed E-state index contributed by atoms with van der Waals surface area (Å²) in [6.45, 7) is 3.95. The zero-order valence-corrected chi connectivity index (χ0v) is 10.0. The van der Waals surface area contributed by atoms with E-state index in [1.807, 2.05) is 0 Å². The lowest BCUT2D eigenvalue weighted by molar-refractivity contribution is -0.389. The van der Waals surface area contributed by atoms with Gasteiger partial charge in [0.2, 0.25) is 5.91 Å². The number of benzene rings is 1. The average molecular weight is 253 g/mol. The van der Waals surface area contributed by atoms with Crippen LogP contribution in [0.15, 0.2) is 6.07 Å². The molecule has 8 nitrogen and oxygen atoms in total. The summed E-state index contributed by atoms with van der Waals surface area (Å²) in [7, 11) is 0. The van der Waals surface area contributed by atoms with Crippen LogP contribution in [-0.4, -0.2) is 15.8 Å². The van der Waals surface area contributed by atoms with Crippen LogP contribution in [-0.2, 0) is 4.79 Å². The lowest BCUT2D eigenvalue weighted by Gasteiger charge is -2.09. The fourth-order valence-corrected chi connectivity index (χ4v) is 1.71. The average Bonchev–Trinajstić information content (AvgIpc) is 2.20. The molecule has 8 heteroatoms. The standard InChI is InChI=1S/C10H11N3O5/c1-5-4-8(12(15)16)9(11-7(3)14)6(2)10(5)13(17)18/h4H,1-3H3,(H,11,14). The van der Waals surface area contributed by atoms with Crippen LogP contribution in [0.5, 0.6) is 0 Å². The lowest BCUT2D eigenvalue weighted by atomic mass is 10.0. The van der Waals surface area contributed by atoms with E-state index >= 15 is 0 Å². The van der Waals surface area contributed by atoms with Crippen molar-refractivity contribution >= 4 is 23.0 Å². The van der Waals surface area contributed by atoms with Crippen molar-refractivity contribution in [3.8, 4) is 0 Å². The maximum atomic E-state index is 11.0. The number of carbonyl (C=O) groups excluding carboxylic acids is 1. The third-order valence-electron chi connectivity index (χ3n) is 2.39. The second-order valence-corrected chi connectivity index (χ2v) is 3.76. The van der Waals surface area contributed by atoms with E-state index < -0.39 is 15.8 Å². The fraction of sp³-hybridized carbons (Fsp3) is 0.300. The Morgan fingerprint density at radius 2 is 1.78 bits per heavy atom. The Balaban J connectivity index is 3.62. The van der Waals surface area contributed by atoms with E-state index in [1.165, 1.54) is 20.8 Å². The van der Waals surface area contributed by atoms with Crippen LogP contribution in [0, 0.1) is 34.1 Å². The van der Waals surface area contributed by atoms with Gasteiger partial charge in [-0.15, -0.1) is 0 Å². The van der Waals surface area contributed by atoms with Gasteiger partial charge in [0.15, 0.2) is 0 Å². The summed E-state index contributed by atoms with van der Waals surface area (Å²) < 4.78 is 0. The molecule has 0 heterocycles. The number of amides is 1. The number of hydrogen-bond acceptors (Lipinski definition) is 5. The van der Waals surface area contributed by atoms with Gasteiger partial charge in [0, 0.05) is 18.6 Å². The zero-order valence-electron chi connectivity index (χ0n) is 10.0. The van der Waals surface area contributed by atoms with Crippen molar-refractivity contribution in [2.45, 2.75) is 20.8 Å². The molecule has 0 fully saturated rings. The molecule has 0 atom stereocenters. The van der Waals surface area contributed by atoms with E-state index in [2.05, 4.69) is 5.32 Å². The first kappa shape index (κ1) is 13.6. The molecule has 96 valence electrons. The van der Waals surface area contributed by atoms with Crippen molar-refractivity contribution in [3.05, 3.63) is 37.4 Å². The van der Waals surface area contributed by atoms with Crippen molar-refractivity contribution < 1.29 is 14.6 Å². The van der Waals surface area contributed by atoms with E-state index in [0.29, 0.717) is 0 Å². The second-order valence-electron chi connectivity index (χ2n) is 3.76. The molecular weight excluding hydrogens is 242 g/mol. The molecule has 0 aromatic heterocycles. The topological polar surface area (TPSA) is 115 Å². The molecule has 18 heavy (non-hydrogen) atoms. The number of aryl methyl sites for hydroxylation is 1. The van der Waals surface area contributed by atoms with Crippen molar-refractivity contribution in [2.75, 3.05) is 5.32 Å². The highest BCUT2D eigenvalue weighted by molar-refractivity contribution is 5.93. The van der Waals surface area contributed by atoms with Crippen LogP contribution in [0.1, 0.15) is 18.1 Å². The van der Waals surface area contributed by atoms with Crippen molar-refractivity contribution in [1.82, 2.24) is 0 Å². The monoisotopic (exact) mass is 253 g/mol. The van der Waals surface area contributed by atoms with Gasteiger partial charge in [-0.1, -0.05) is 0 Å². The minimum Gasteiger partial charge on any atom is -0.320 e. The van der Waals surface area contributed by atoms with Gasteiger partial charge < -0.3 is 5.32 Å². The number of hydrogen-bond donors (Lipinski definition) is 1. The number of nitro benzene ring substituents is 2. The fourth-order valence-electron chi connectivity index (χ4n) is 1.71. The molecule has 1 aromatic carbocycles. The largest absolute Gasteiger partial charge is 0.320 e. The molecule has 0 aliphatic carbocycles. The van der Waals surface area contributed by atoms with Crippen molar-refractivity contribution in [2.24, 2.45) is 0 Å². The van der Waals surface area contributed by atoms with Gasteiger partial charge in [-0.05, 0) is 13.8 Å². The maximum Gasteiger partial charge on any atom is 0.293 e. The molecule has 0 aliphatic rings. The highest BCUT2D eigenvalue weighted by Crippen LogP contribution is 2.37. The van der Waals surface area contributed by atoms with Crippen LogP contribution in [0.25, 0.3) is 0 Å². The van der Waals surface area contributed by atoms with Gasteiger partial charge in [0.25, 0.3) is 11.4 Å². The molecule has 0 saturated heterocycles. The normalized spacial score (nSPS) is 9.94. The summed E-state index contributed by atoms with van der Waals surface area (Å²) in [6, 6.07) is 1.08. The molecule has 0 spiro atoms. The Morgan fingerprint density at radius 1 is 1.22 bits per heavy atom. The van der Waals surface area contributed by atoms with E-state index in [-0.39, 0.29) is 28.2 Å². The molecule has 0 saturated carbocycles. The van der Waals surface area contributed by atoms with Gasteiger partial charge in [-0.25, -0.2) is 0 Å². The van der Waals surface area contributed by atoms with Crippen molar-refractivity contribution in [1.29, 1.82) is 0 Å². The molecule has 1 N–H and O–H groups in total. The molecule has 1 amide bonds. The summed E-state index contributed by atoms with van der Waals surface area (Å²) >= 11 is 0. The molecule has 0 unspecified atom stereocenters. The van der Waals surface area contributed by atoms with E-state index in [1.54, 1.807) is 0 Å². The minimum absolute atomic E-state index is 0.0712. The molecule has 0 aliphatic heterocycles. The molecule has 1 rings (SSSR count). The van der Waals surface area contributed by atoms with Gasteiger partial charge in [-0.3, -0.25) is 25.0 Å². The number of rotatable bonds is 3. The van der Waals surface area contributed by atoms with Gasteiger partial charge >= 0.3 is 0 Å². The van der Waals surface area contributed by atoms with E-state index in [0.717, 1.165) is 6.07 Å². The second kappa shape index (κ2) is 4.78. The summed E-state index contributed by atoms with van der Waals surface area (Å²) in [5, 5.41) is 24.0. The predicted molar refractivity (Wildman–Crippen MR) is 63.5 cm³/mol. The first-order valence-electron chi connectivity index (χ1n) is 4.96. The number of nitro groups is 2. The first-order valence-corrected chi connectivity index (χ1v) is 4.96. The lowest BCUT2D eigenvalue weighted by Crippen LogP contribution is -2.11. The van der Waals surface area contributed by atoms with Gasteiger partial charge in [0.05, 0.1) is 15.4 Å². The predicted octanol–water partition coefficient (Wildman–Crippen LogP) is 2.08. The summed E-state index contributed by atoms with van der Waals surface area (Å²) in [4.78, 5) is 31.4. The number of carbonyl (C=O) groups is 1. The SMILES string of the molecule is CC(=O)Nc1c([N+](=O)[O-])cc(C)c([N+](=O)[O-])c1C. The van der Waals surface area contributed by atoms with Crippen LogP contribution in [0.2, 0.25) is 0 Å². The van der Waals surface area contributed by atoms with Gasteiger partial charge in [0.1, 0.15) is 5.69 Å². The van der Waals surface area contributed by atoms with E-state index in [4.69, 9.17) is 0 Å². The zero-order chi connectivity index (χ0) is 14.0. The Hall–Kier alpha value is -2.51. The first-order chi connectivity index (χ1) is 8.25. The Morgan fingerprint density at radius 3 is 2.17 bits per heavy atom. The van der Waals surface area contributed by atoms with Crippen LogP contribution in [0.4, 0.5) is 17.1 Å². The minimum atomic E-state index is -0.686. The third kappa shape index (κ3) is 2.42. The smallest absolute Gasteiger partial charge is 0.293 e. The molecule has 0 bridgehead atoms. The Labute approximate surface area is 102 Å². The van der Waals surface area contributed by atoms with Crippen molar-refractivity contribution in [3.63, 3.8) is 0 Å². The molecule has 1 aromatic rings. The molecular formula is C10H11N3O5. The van der Waals surface area contributed by atoms with Gasteiger partial charge in [-0.2, -0.15) is 0 Å². The number of nitrogens with zero attached hydrogens (tertiary/aromatic N) is 2. The summed E-state index contributed by atoms with van der Waals surface area (Å²) in [5.41, 5.74) is -0.472. The summed E-state index contributed by atoms with van der Waals surface area (Å²) in [6.07, 6.45) is 0. The van der Waals surface area contributed by atoms with Crippen LogP contribution >= 0.6 is 0 Å². The Bertz CT molecular complexity index is 553. The van der Waals surface area contributed by atoms with E-state index in [9.17, 15) is 25.0 Å². The number of anilines is 1. The third-order valence-corrected chi connectivity index (χ3v) is 2.39. The highest BCUT2D eigenvalue weighted by atomic mass is 16.6. The van der Waals surface area contributed by atoms with Crippen LogP contribution < -0.4 is 5.32 Å². The number of nitrogens with one attached hydrogen (secondary N) is 1. The maximum absolute atomic E-state index is 11.0. The quantitative estimate of drug-likeness (QED) is 0.653. The summed E-state index contributed by atoms with van der Waals surface area (Å²) in [5.74, 6) is -0.528. The van der Waals surface area contributed by atoms with Crippen LogP contribution in [0.3, 0.4) is 0 Å². The highest BCUT2D eigenvalue weighted by Gasteiger charge is 2.27. The molecule has 0 radical (unpaired) electrons. The Kier molecular flexibility index (Phi) is 3.60.